The van der Waals surface area contributed by atoms with E-state index in [1.165, 1.54) is 44.3 Å². The van der Waals surface area contributed by atoms with E-state index in [0.29, 0.717) is 0 Å². The number of nitrogens with zero attached hydrogens (tertiary/aromatic N) is 1. The molecular formula is C17H32N2. The van der Waals surface area contributed by atoms with E-state index >= 15 is 0 Å². The molecule has 2 fully saturated rings. The zero-order chi connectivity index (χ0) is 13.8. The van der Waals surface area contributed by atoms with Crippen LogP contribution in [-0.2, 0) is 0 Å². The Labute approximate surface area is 119 Å². The van der Waals surface area contributed by atoms with Crippen molar-refractivity contribution in [2.75, 3.05) is 20.1 Å². The maximum Gasteiger partial charge on any atom is 0.0174 e. The first-order valence-electron chi connectivity index (χ1n) is 8.22. The van der Waals surface area contributed by atoms with Crippen molar-refractivity contribution in [2.24, 2.45) is 29.4 Å². The van der Waals surface area contributed by atoms with Crippen molar-refractivity contribution in [3.8, 4) is 0 Å². The molecule has 2 nitrogen and oxygen atoms in total. The van der Waals surface area contributed by atoms with Crippen molar-refractivity contribution < 1.29 is 0 Å². The molecule has 2 aliphatic rings. The third kappa shape index (κ3) is 3.53. The van der Waals surface area contributed by atoms with E-state index in [-0.39, 0.29) is 0 Å². The summed E-state index contributed by atoms with van der Waals surface area (Å²) in [5.74, 6) is 4.07. The third-order valence-electron chi connectivity index (χ3n) is 5.76. The fraction of sp³-hybridized carbons (Fsp3) is 0.882. The first-order valence-corrected chi connectivity index (χ1v) is 8.22. The van der Waals surface area contributed by atoms with E-state index in [2.05, 4.69) is 25.5 Å². The van der Waals surface area contributed by atoms with Gasteiger partial charge in [0.05, 0.1) is 0 Å². The van der Waals surface area contributed by atoms with Gasteiger partial charge in [0.1, 0.15) is 0 Å². The fourth-order valence-corrected chi connectivity index (χ4v) is 4.38. The average Bonchev–Trinajstić information content (AvgIpc) is 2.97. The van der Waals surface area contributed by atoms with Crippen molar-refractivity contribution >= 4 is 0 Å². The molecule has 0 radical (unpaired) electrons. The van der Waals surface area contributed by atoms with E-state index in [0.717, 1.165) is 43.1 Å². The predicted molar refractivity (Wildman–Crippen MR) is 82.8 cm³/mol. The van der Waals surface area contributed by atoms with Gasteiger partial charge in [-0.25, -0.2) is 0 Å². The standard InChI is InChI=1S/C17H32N2/c1-13-6-8-17-15(7-9-16(13)17)10-12-19(3)14(2)5-4-11-18/h13,15-17H,2,4-12,18H2,1,3H3. The molecule has 2 aliphatic carbocycles. The van der Waals surface area contributed by atoms with E-state index in [4.69, 9.17) is 5.73 Å². The zero-order valence-electron chi connectivity index (χ0n) is 12.9. The Kier molecular flexibility index (Phi) is 5.32. The molecule has 4 atom stereocenters. The molecule has 0 spiro atoms. The van der Waals surface area contributed by atoms with Crippen LogP contribution in [-0.4, -0.2) is 25.0 Å². The van der Waals surface area contributed by atoms with Crippen LogP contribution in [0, 0.1) is 23.7 Å². The lowest BCUT2D eigenvalue weighted by Crippen LogP contribution is -2.23. The minimum atomic E-state index is 0.775. The fourth-order valence-electron chi connectivity index (χ4n) is 4.38. The van der Waals surface area contributed by atoms with Crippen LogP contribution in [0.2, 0.25) is 0 Å². The molecule has 19 heavy (non-hydrogen) atoms. The molecule has 0 aromatic carbocycles. The first kappa shape index (κ1) is 14.9. The summed E-state index contributed by atoms with van der Waals surface area (Å²) in [7, 11) is 2.20. The van der Waals surface area contributed by atoms with Gasteiger partial charge < -0.3 is 10.6 Å². The van der Waals surface area contributed by atoms with Crippen molar-refractivity contribution in [1.82, 2.24) is 4.90 Å². The summed E-state index contributed by atoms with van der Waals surface area (Å²) in [6.07, 6.45) is 9.43. The van der Waals surface area contributed by atoms with Gasteiger partial charge in [-0.3, -0.25) is 0 Å². The highest BCUT2D eigenvalue weighted by molar-refractivity contribution is 4.95. The van der Waals surface area contributed by atoms with Crippen molar-refractivity contribution in [3.05, 3.63) is 12.3 Å². The maximum atomic E-state index is 5.56. The number of allylic oxidation sites excluding steroid dienone is 1. The Balaban J connectivity index is 1.72. The highest BCUT2D eigenvalue weighted by Crippen LogP contribution is 2.51. The van der Waals surface area contributed by atoms with Gasteiger partial charge in [-0.1, -0.05) is 19.9 Å². The molecule has 2 heteroatoms. The van der Waals surface area contributed by atoms with Crippen LogP contribution in [0.25, 0.3) is 0 Å². The van der Waals surface area contributed by atoms with E-state index < -0.39 is 0 Å². The molecule has 0 aliphatic heterocycles. The summed E-state index contributed by atoms with van der Waals surface area (Å²) < 4.78 is 0. The Morgan fingerprint density at radius 2 is 1.95 bits per heavy atom. The number of rotatable bonds is 7. The minimum absolute atomic E-state index is 0.775. The van der Waals surface area contributed by atoms with Gasteiger partial charge in [-0.05, 0) is 68.7 Å². The molecule has 0 bridgehead atoms. The molecule has 4 unspecified atom stereocenters. The topological polar surface area (TPSA) is 29.3 Å². The van der Waals surface area contributed by atoms with Crippen LogP contribution in [0.5, 0.6) is 0 Å². The summed E-state index contributed by atoms with van der Waals surface area (Å²) in [6, 6.07) is 0. The van der Waals surface area contributed by atoms with E-state index in [1.54, 1.807) is 0 Å². The Hall–Kier alpha value is -0.500. The van der Waals surface area contributed by atoms with Crippen LogP contribution < -0.4 is 5.73 Å². The third-order valence-corrected chi connectivity index (χ3v) is 5.76. The SMILES string of the molecule is C=C(CCCN)N(C)CCC1CCC2C(C)CCC12. The van der Waals surface area contributed by atoms with Crippen molar-refractivity contribution in [1.29, 1.82) is 0 Å². The Bertz CT molecular complexity index is 300. The van der Waals surface area contributed by atoms with E-state index in [9.17, 15) is 0 Å². The highest BCUT2D eigenvalue weighted by Gasteiger charge is 2.42. The molecule has 0 aromatic heterocycles. The number of hydrogen-bond donors (Lipinski definition) is 1. The van der Waals surface area contributed by atoms with Crippen LogP contribution in [0.1, 0.15) is 51.9 Å². The largest absolute Gasteiger partial charge is 0.378 e. The molecule has 2 rings (SSSR count). The van der Waals surface area contributed by atoms with Crippen molar-refractivity contribution in [2.45, 2.75) is 51.9 Å². The molecule has 2 saturated carbocycles. The van der Waals surface area contributed by atoms with Crippen LogP contribution in [0.15, 0.2) is 12.3 Å². The Morgan fingerprint density at radius 1 is 1.21 bits per heavy atom. The second-order valence-corrected chi connectivity index (χ2v) is 6.89. The normalized spacial score (nSPS) is 33.4. The molecule has 110 valence electrons. The lowest BCUT2D eigenvalue weighted by atomic mass is 9.88. The van der Waals surface area contributed by atoms with Crippen LogP contribution in [0.3, 0.4) is 0 Å². The average molecular weight is 264 g/mol. The second-order valence-electron chi connectivity index (χ2n) is 6.89. The van der Waals surface area contributed by atoms with Gasteiger partial charge in [-0.15, -0.1) is 0 Å². The molecule has 0 saturated heterocycles. The molecular weight excluding hydrogens is 232 g/mol. The zero-order valence-corrected chi connectivity index (χ0v) is 12.9. The molecule has 2 N–H and O–H groups in total. The second kappa shape index (κ2) is 6.78. The van der Waals surface area contributed by atoms with Gasteiger partial charge in [0.15, 0.2) is 0 Å². The summed E-state index contributed by atoms with van der Waals surface area (Å²) >= 11 is 0. The number of nitrogens with two attached hydrogens (primary N) is 1. The Morgan fingerprint density at radius 3 is 2.68 bits per heavy atom. The summed E-state index contributed by atoms with van der Waals surface area (Å²) in [5, 5.41) is 0. The van der Waals surface area contributed by atoms with Gasteiger partial charge in [0.2, 0.25) is 0 Å². The van der Waals surface area contributed by atoms with Crippen LogP contribution >= 0.6 is 0 Å². The number of hydrogen-bond acceptors (Lipinski definition) is 2. The number of fused-ring (bicyclic) bond motifs is 1. The summed E-state index contributed by atoms with van der Waals surface area (Å²) in [5.41, 5.74) is 6.83. The van der Waals surface area contributed by atoms with Gasteiger partial charge in [0, 0.05) is 19.3 Å². The molecule has 0 amide bonds. The highest BCUT2D eigenvalue weighted by atomic mass is 15.1. The molecule has 0 heterocycles. The first-order chi connectivity index (χ1) is 9.13. The van der Waals surface area contributed by atoms with Crippen LogP contribution in [0.4, 0.5) is 0 Å². The summed E-state index contributed by atoms with van der Waals surface area (Å²) in [4.78, 5) is 2.36. The minimum Gasteiger partial charge on any atom is -0.378 e. The van der Waals surface area contributed by atoms with E-state index in [1.807, 2.05) is 0 Å². The van der Waals surface area contributed by atoms with Gasteiger partial charge in [0.25, 0.3) is 0 Å². The smallest absolute Gasteiger partial charge is 0.0174 e. The van der Waals surface area contributed by atoms with Gasteiger partial charge >= 0.3 is 0 Å². The summed E-state index contributed by atoms with van der Waals surface area (Å²) in [6.45, 7) is 8.61. The lowest BCUT2D eigenvalue weighted by Gasteiger charge is -2.25. The van der Waals surface area contributed by atoms with Gasteiger partial charge in [-0.2, -0.15) is 0 Å². The monoisotopic (exact) mass is 264 g/mol. The maximum absolute atomic E-state index is 5.56. The quantitative estimate of drug-likeness (QED) is 0.761. The van der Waals surface area contributed by atoms with Crippen molar-refractivity contribution in [3.63, 3.8) is 0 Å². The molecule has 0 aromatic rings. The predicted octanol–water partition coefficient (Wildman–Crippen LogP) is 3.63. The lowest BCUT2D eigenvalue weighted by molar-refractivity contribution is 0.279.